The Morgan fingerprint density at radius 3 is 2.69 bits per heavy atom. The zero-order chi connectivity index (χ0) is 21.0. The van der Waals surface area contributed by atoms with Gasteiger partial charge in [0.05, 0.1) is 7.11 Å². The molecular weight excluding hydrogens is 364 g/mol. The zero-order valence-electron chi connectivity index (χ0n) is 18.0. The Kier molecular flexibility index (Phi) is 4.95. The third-order valence-electron chi connectivity index (χ3n) is 8.48. The van der Waals surface area contributed by atoms with Gasteiger partial charge in [0, 0.05) is 31.3 Å². The van der Waals surface area contributed by atoms with Crippen LogP contribution in [-0.2, 0) is 19.1 Å². The molecule has 0 aliphatic heterocycles. The first-order valence-corrected chi connectivity index (χ1v) is 10.9. The maximum Gasteiger partial charge on any atom is 0.330 e. The van der Waals surface area contributed by atoms with Crippen molar-refractivity contribution in [3.05, 3.63) is 35.5 Å². The SMILES string of the molecule is COC(=O)/C=C/[C@@H](C)C1=CC[C@H]2[C@@H]3CC=C4CC(=O)CC[C@]4(C)[C@H]3C(=O)C[C@]12C. The normalized spacial score (nSPS) is 39.9. The molecule has 156 valence electrons. The molecule has 2 fully saturated rings. The number of fused-ring (bicyclic) bond motifs is 5. The zero-order valence-corrected chi connectivity index (χ0v) is 18.0. The Balaban J connectivity index is 1.63. The van der Waals surface area contributed by atoms with Crippen LogP contribution < -0.4 is 0 Å². The van der Waals surface area contributed by atoms with Crippen LogP contribution in [-0.4, -0.2) is 24.6 Å². The van der Waals surface area contributed by atoms with Crippen molar-refractivity contribution in [2.45, 2.75) is 59.3 Å². The highest BCUT2D eigenvalue weighted by molar-refractivity contribution is 5.88. The van der Waals surface area contributed by atoms with E-state index in [9.17, 15) is 14.4 Å². The highest BCUT2D eigenvalue weighted by atomic mass is 16.5. The molecule has 0 aromatic heterocycles. The molecule has 0 unspecified atom stereocenters. The molecule has 0 bridgehead atoms. The lowest BCUT2D eigenvalue weighted by Crippen LogP contribution is -2.54. The predicted octanol–water partition coefficient (Wildman–Crippen LogP) is 4.60. The number of Topliss-reactive ketones (excluding diaryl/α,β-unsaturated/α-hetero) is 2. The Morgan fingerprint density at radius 1 is 1.21 bits per heavy atom. The van der Waals surface area contributed by atoms with Crippen molar-refractivity contribution >= 4 is 17.5 Å². The standard InChI is InChI=1S/C25H32O4/c1-15(5-10-22(28)29-4)19-8-9-20-18-7-6-16-13-17(26)11-12-24(16,2)23(18)21(27)14-25(19,20)3/h5-6,8,10,15,18,20,23H,7,9,11-14H2,1-4H3/b10-5+/t15-,18+,20+,23-,24+,25-/m1/s1. The third kappa shape index (κ3) is 3.06. The molecule has 0 N–H and O–H groups in total. The number of ketones is 2. The Labute approximate surface area is 173 Å². The quantitative estimate of drug-likeness (QED) is 0.397. The summed E-state index contributed by atoms with van der Waals surface area (Å²) in [4.78, 5) is 37.1. The van der Waals surface area contributed by atoms with Gasteiger partial charge in [0.25, 0.3) is 0 Å². The van der Waals surface area contributed by atoms with Crippen LogP contribution in [0.2, 0.25) is 0 Å². The molecule has 0 saturated heterocycles. The van der Waals surface area contributed by atoms with Crippen molar-refractivity contribution in [1.82, 2.24) is 0 Å². The van der Waals surface area contributed by atoms with Crippen molar-refractivity contribution < 1.29 is 19.1 Å². The van der Waals surface area contributed by atoms with Crippen molar-refractivity contribution in [2.75, 3.05) is 7.11 Å². The molecule has 0 radical (unpaired) electrons. The van der Waals surface area contributed by atoms with Crippen LogP contribution >= 0.6 is 0 Å². The summed E-state index contributed by atoms with van der Waals surface area (Å²) in [6, 6.07) is 0. The van der Waals surface area contributed by atoms with Gasteiger partial charge < -0.3 is 4.74 Å². The molecule has 0 aromatic carbocycles. The molecule has 4 aliphatic rings. The first-order chi connectivity index (χ1) is 13.7. The van der Waals surface area contributed by atoms with E-state index in [0.29, 0.717) is 42.7 Å². The van der Waals surface area contributed by atoms with Gasteiger partial charge in [-0.05, 0) is 47.8 Å². The molecule has 0 amide bonds. The fourth-order valence-corrected chi connectivity index (χ4v) is 7.01. The molecule has 0 aromatic rings. The molecule has 4 nitrogen and oxygen atoms in total. The summed E-state index contributed by atoms with van der Waals surface area (Å²) < 4.78 is 4.72. The van der Waals surface area contributed by atoms with Gasteiger partial charge in [-0.2, -0.15) is 0 Å². The van der Waals surface area contributed by atoms with Crippen molar-refractivity contribution in [3.8, 4) is 0 Å². The van der Waals surface area contributed by atoms with E-state index in [1.165, 1.54) is 24.3 Å². The van der Waals surface area contributed by atoms with E-state index in [2.05, 4.69) is 32.9 Å². The van der Waals surface area contributed by atoms with E-state index >= 15 is 0 Å². The van der Waals surface area contributed by atoms with Gasteiger partial charge in [-0.25, -0.2) is 4.79 Å². The van der Waals surface area contributed by atoms with Gasteiger partial charge in [-0.1, -0.05) is 50.1 Å². The van der Waals surface area contributed by atoms with Crippen LogP contribution in [0.15, 0.2) is 35.5 Å². The molecule has 29 heavy (non-hydrogen) atoms. The first kappa shape index (κ1) is 20.3. The number of ether oxygens (including phenoxy) is 1. The van der Waals surface area contributed by atoms with Gasteiger partial charge in [-0.15, -0.1) is 0 Å². The van der Waals surface area contributed by atoms with Gasteiger partial charge in [0.15, 0.2) is 0 Å². The Hall–Kier alpha value is -1.97. The number of carbonyl (C=O) groups excluding carboxylic acids is 3. The predicted molar refractivity (Wildman–Crippen MR) is 111 cm³/mol. The lowest BCUT2D eigenvalue weighted by Gasteiger charge is -2.56. The minimum atomic E-state index is -0.346. The fourth-order valence-electron chi connectivity index (χ4n) is 7.01. The van der Waals surface area contributed by atoms with E-state index in [1.54, 1.807) is 0 Å². The van der Waals surface area contributed by atoms with Crippen LogP contribution in [0.25, 0.3) is 0 Å². The van der Waals surface area contributed by atoms with Crippen LogP contribution in [0, 0.1) is 34.5 Å². The average molecular weight is 397 g/mol. The molecule has 2 saturated carbocycles. The van der Waals surface area contributed by atoms with Crippen molar-refractivity contribution in [1.29, 1.82) is 0 Å². The lowest BCUT2D eigenvalue weighted by atomic mass is 9.46. The first-order valence-electron chi connectivity index (χ1n) is 10.9. The summed E-state index contributed by atoms with van der Waals surface area (Å²) >= 11 is 0. The Bertz CT molecular complexity index is 847. The lowest BCUT2D eigenvalue weighted by molar-refractivity contribution is -0.142. The van der Waals surface area contributed by atoms with Crippen LogP contribution in [0.3, 0.4) is 0 Å². The van der Waals surface area contributed by atoms with E-state index in [0.717, 1.165) is 19.3 Å². The van der Waals surface area contributed by atoms with Gasteiger partial charge in [-0.3, -0.25) is 9.59 Å². The molecular formula is C25H32O4. The fraction of sp³-hybridized carbons (Fsp3) is 0.640. The highest BCUT2D eigenvalue weighted by Gasteiger charge is 2.60. The second kappa shape index (κ2) is 7.07. The van der Waals surface area contributed by atoms with Gasteiger partial charge >= 0.3 is 5.97 Å². The Morgan fingerprint density at radius 2 is 1.97 bits per heavy atom. The second-order valence-corrected chi connectivity index (χ2v) is 9.97. The molecule has 0 heterocycles. The third-order valence-corrected chi connectivity index (χ3v) is 8.48. The van der Waals surface area contributed by atoms with E-state index in [-0.39, 0.29) is 28.6 Å². The number of hydrogen-bond donors (Lipinski definition) is 0. The van der Waals surface area contributed by atoms with Crippen LogP contribution in [0.5, 0.6) is 0 Å². The second-order valence-electron chi connectivity index (χ2n) is 9.97. The largest absolute Gasteiger partial charge is 0.466 e. The number of rotatable bonds is 3. The molecule has 4 aliphatic carbocycles. The number of hydrogen-bond acceptors (Lipinski definition) is 4. The molecule has 6 atom stereocenters. The van der Waals surface area contributed by atoms with Crippen LogP contribution in [0.1, 0.15) is 59.3 Å². The van der Waals surface area contributed by atoms with E-state index in [1.807, 2.05) is 6.08 Å². The maximum atomic E-state index is 13.6. The smallest absolute Gasteiger partial charge is 0.330 e. The number of esters is 1. The maximum absolute atomic E-state index is 13.6. The summed E-state index contributed by atoms with van der Waals surface area (Å²) in [5.74, 6) is 1.27. The minimum Gasteiger partial charge on any atom is -0.466 e. The van der Waals surface area contributed by atoms with Crippen molar-refractivity contribution in [3.63, 3.8) is 0 Å². The molecule has 4 heteroatoms. The number of methoxy groups -OCH3 is 1. The number of carbonyl (C=O) groups is 3. The molecule has 0 spiro atoms. The van der Waals surface area contributed by atoms with Crippen LogP contribution in [0.4, 0.5) is 0 Å². The topological polar surface area (TPSA) is 60.4 Å². The van der Waals surface area contributed by atoms with Gasteiger partial charge in [0.1, 0.15) is 11.6 Å². The summed E-state index contributed by atoms with van der Waals surface area (Å²) in [7, 11) is 1.38. The average Bonchev–Trinajstić information content (AvgIpc) is 3.02. The summed E-state index contributed by atoms with van der Waals surface area (Å²) in [6.45, 7) is 6.58. The van der Waals surface area contributed by atoms with E-state index in [4.69, 9.17) is 4.74 Å². The van der Waals surface area contributed by atoms with E-state index < -0.39 is 0 Å². The highest BCUT2D eigenvalue weighted by Crippen LogP contribution is 2.64. The summed E-state index contributed by atoms with van der Waals surface area (Å²) in [5.41, 5.74) is 2.21. The monoisotopic (exact) mass is 396 g/mol. The summed E-state index contributed by atoms with van der Waals surface area (Å²) in [6.07, 6.45) is 12.4. The van der Waals surface area contributed by atoms with Crippen molar-refractivity contribution in [2.24, 2.45) is 34.5 Å². The van der Waals surface area contributed by atoms with Gasteiger partial charge in [0.2, 0.25) is 0 Å². The summed E-state index contributed by atoms with van der Waals surface area (Å²) in [5, 5.41) is 0. The minimum absolute atomic E-state index is 0.0438. The molecule has 4 rings (SSSR count). The number of allylic oxidation sites excluding steroid dienone is 5.